The maximum Gasteiger partial charge on any atom is 0.417 e. The number of halogens is 3. The Morgan fingerprint density at radius 3 is 2.31 bits per heavy atom. The van der Waals surface area contributed by atoms with Crippen molar-refractivity contribution in [2.45, 2.75) is 19.1 Å². The first-order chi connectivity index (χ1) is 15.2. The Bertz CT molecular complexity index is 1080. The number of nitrogens with zero attached hydrogens (tertiary/aromatic N) is 6. The molecule has 32 heavy (non-hydrogen) atoms. The molecule has 1 fully saturated rings. The summed E-state index contributed by atoms with van der Waals surface area (Å²) in [5.41, 5.74) is -0.212. The predicted molar refractivity (Wildman–Crippen MR) is 108 cm³/mol. The van der Waals surface area contributed by atoms with Crippen LogP contribution in [-0.2, 0) is 6.18 Å². The maximum absolute atomic E-state index is 12.7. The maximum atomic E-state index is 12.7. The Morgan fingerprint density at radius 2 is 1.75 bits per heavy atom. The Hall–Kier alpha value is -3.54. The molecule has 0 amide bonds. The van der Waals surface area contributed by atoms with Gasteiger partial charge in [-0.2, -0.15) is 13.2 Å². The van der Waals surface area contributed by atoms with E-state index in [-0.39, 0.29) is 17.6 Å². The molecular weight excluding hydrogens is 429 g/mol. The zero-order valence-corrected chi connectivity index (χ0v) is 17.0. The van der Waals surface area contributed by atoms with Crippen molar-refractivity contribution in [2.24, 2.45) is 0 Å². The van der Waals surface area contributed by atoms with Gasteiger partial charge in [-0.3, -0.25) is 15.0 Å². The van der Waals surface area contributed by atoms with Gasteiger partial charge in [-0.05, 0) is 31.2 Å². The molecule has 0 bridgehead atoms. The molecule has 1 saturated heterocycles. The summed E-state index contributed by atoms with van der Waals surface area (Å²) in [5.74, 6) is 1.19. The lowest BCUT2D eigenvalue weighted by Gasteiger charge is -2.37. The molecule has 0 saturated carbocycles. The van der Waals surface area contributed by atoms with Crippen molar-refractivity contribution < 1.29 is 22.5 Å². The number of alkyl halides is 3. The van der Waals surface area contributed by atoms with Gasteiger partial charge in [0.15, 0.2) is 0 Å². The van der Waals surface area contributed by atoms with E-state index in [0.717, 1.165) is 12.3 Å². The Labute approximate surface area is 180 Å². The molecule has 168 valence electrons. The smallest absolute Gasteiger partial charge is 0.417 e. The fourth-order valence-electron chi connectivity index (χ4n) is 3.48. The first kappa shape index (κ1) is 21.7. The predicted octanol–water partition coefficient (Wildman–Crippen LogP) is 3.94. The number of rotatable bonds is 5. The van der Waals surface area contributed by atoms with E-state index >= 15 is 0 Å². The minimum atomic E-state index is -4.41. The van der Waals surface area contributed by atoms with Crippen molar-refractivity contribution in [1.82, 2.24) is 20.1 Å². The highest BCUT2D eigenvalue weighted by molar-refractivity contribution is 5.55. The van der Waals surface area contributed by atoms with Crippen molar-refractivity contribution in [1.29, 1.82) is 0 Å². The average Bonchev–Trinajstić information content (AvgIpc) is 3.28. The van der Waals surface area contributed by atoms with Gasteiger partial charge in [-0.25, -0.2) is 4.98 Å². The minimum Gasteiger partial charge on any atom is -0.419 e. The third kappa shape index (κ3) is 4.54. The summed E-state index contributed by atoms with van der Waals surface area (Å²) in [4.78, 5) is 18.3. The summed E-state index contributed by atoms with van der Waals surface area (Å²) in [7, 11) is 0. The van der Waals surface area contributed by atoms with Gasteiger partial charge in [0.1, 0.15) is 5.82 Å². The van der Waals surface area contributed by atoms with Crippen LogP contribution in [0.3, 0.4) is 0 Å². The van der Waals surface area contributed by atoms with E-state index in [1.807, 2.05) is 11.8 Å². The highest BCUT2D eigenvalue weighted by atomic mass is 19.4. The number of pyridine rings is 1. The normalized spacial score (nSPS) is 16.2. The van der Waals surface area contributed by atoms with E-state index in [9.17, 15) is 23.3 Å². The molecule has 9 nitrogen and oxygen atoms in total. The van der Waals surface area contributed by atoms with Gasteiger partial charge in [0.2, 0.25) is 11.8 Å². The molecule has 12 heteroatoms. The molecule has 0 spiro atoms. The van der Waals surface area contributed by atoms with Crippen molar-refractivity contribution in [3.63, 3.8) is 0 Å². The van der Waals surface area contributed by atoms with Crippen LogP contribution < -0.4 is 4.90 Å². The van der Waals surface area contributed by atoms with Crippen LogP contribution in [0.5, 0.6) is 0 Å². The molecule has 3 aromatic rings. The lowest BCUT2D eigenvalue weighted by molar-refractivity contribution is -0.384. The van der Waals surface area contributed by atoms with E-state index in [2.05, 4.69) is 20.1 Å². The third-order valence-corrected chi connectivity index (χ3v) is 5.38. The molecule has 3 heterocycles. The second kappa shape index (κ2) is 8.54. The zero-order chi connectivity index (χ0) is 22.9. The molecule has 1 atom stereocenters. The molecular formula is C20H19F3N6O3. The molecule has 4 rings (SSSR count). The van der Waals surface area contributed by atoms with Crippen LogP contribution >= 0.6 is 0 Å². The molecule has 2 aromatic heterocycles. The van der Waals surface area contributed by atoms with E-state index < -0.39 is 16.7 Å². The van der Waals surface area contributed by atoms with Gasteiger partial charge < -0.3 is 9.32 Å². The van der Waals surface area contributed by atoms with Gasteiger partial charge in [0, 0.05) is 50.1 Å². The summed E-state index contributed by atoms with van der Waals surface area (Å²) in [6, 6.07) is 8.10. The van der Waals surface area contributed by atoms with Crippen LogP contribution in [0.15, 0.2) is 47.0 Å². The number of hydrogen-bond donors (Lipinski definition) is 0. The quantitative estimate of drug-likeness (QED) is 0.427. The molecule has 1 unspecified atom stereocenters. The molecule has 1 aliphatic heterocycles. The molecule has 1 aliphatic rings. The number of hydrogen-bond acceptors (Lipinski definition) is 8. The van der Waals surface area contributed by atoms with E-state index in [1.54, 1.807) is 12.1 Å². The summed E-state index contributed by atoms with van der Waals surface area (Å²) in [6.45, 7) is 4.38. The topological polar surface area (TPSA) is 101 Å². The van der Waals surface area contributed by atoms with Crippen molar-refractivity contribution in [3.8, 4) is 11.5 Å². The first-order valence-corrected chi connectivity index (χ1v) is 9.83. The summed E-state index contributed by atoms with van der Waals surface area (Å²) >= 11 is 0. The number of nitro benzene ring substituents is 1. The summed E-state index contributed by atoms with van der Waals surface area (Å²) in [5, 5.41) is 18.9. The second-order valence-corrected chi connectivity index (χ2v) is 7.35. The van der Waals surface area contributed by atoms with E-state index in [1.165, 1.54) is 18.2 Å². The van der Waals surface area contributed by atoms with E-state index in [4.69, 9.17) is 4.42 Å². The lowest BCUT2D eigenvalue weighted by atomic mass is 10.2. The van der Waals surface area contributed by atoms with Crippen LogP contribution in [0, 0.1) is 10.1 Å². The number of nitro groups is 1. The van der Waals surface area contributed by atoms with Crippen molar-refractivity contribution in [2.75, 3.05) is 31.1 Å². The van der Waals surface area contributed by atoms with Crippen LogP contribution in [0.4, 0.5) is 24.7 Å². The van der Waals surface area contributed by atoms with Crippen LogP contribution in [0.2, 0.25) is 0 Å². The number of anilines is 1. The molecule has 1 aromatic carbocycles. The highest BCUT2D eigenvalue weighted by Gasteiger charge is 2.31. The molecule has 0 aliphatic carbocycles. The number of benzene rings is 1. The SMILES string of the molecule is CC(c1nnc(-c2ccc([N+](=O)[O-])cc2)o1)N1CCN(c2ccc(C(F)(F)F)cn2)CC1. The van der Waals surface area contributed by atoms with Crippen LogP contribution in [0.1, 0.15) is 24.4 Å². The zero-order valence-electron chi connectivity index (χ0n) is 17.0. The standard InChI is InChI=1S/C20H19F3N6O3/c1-13(18-25-26-19(32-18)14-2-5-16(6-3-14)29(30)31)27-8-10-28(11-9-27)17-7-4-15(12-24-17)20(21,22)23/h2-7,12-13H,8-11H2,1H3. The largest absolute Gasteiger partial charge is 0.419 e. The van der Waals surface area contributed by atoms with Crippen molar-refractivity contribution in [3.05, 3.63) is 64.2 Å². The first-order valence-electron chi connectivity index (χ1n) is 9.83. The van der Waals surface area contributed by atoms with Gasteiger partial charge in [0.05, 0.1) is 16.5 Å². The fourth-order valence-corrected chi connectivity index (χ4v) is 3.48. The monoisotopic (exact) mass is 448 g/mol. The Morgan fingerprint density at radius 1 is 1.06 bits per heavy atom. The summed E-state index contributed by atoms with van der Waals surface area (Å²) < 4.78 is 43.9. The number of piperazine rings is 1. The number of non-ortho nitro benzene ring substituents is 1. The van der Waals surface area contributed by atoms with Crippen LogP contribution in [0.25, 0.3) is 11.5 Å². The van der Waals surface area contributed by atoms with Crippen molar-refractivity contribution >= 4 is 11.5 Å². The summed E-state index contributed by atoms with van der Waals surface area (Å²) in [6.07, 6.45) is -3.56. The highest BCUT2D eigenvalue weighted by Crippen LogP contribution is 2.30. The molecule has 0 radical (unpaired) electrons. The van der Waals surface area contributed by atoms with Gasteiger partial charge in [-0.15, -0.1) is 10.2 Å². The number of aromatic nitrogens is 3. The molecule has 0 N–H and O–H groups in total. The average molecular weight is 448 g/mol. The Kier molecular flexibility index (Phi) is 5.78. The van der Waals surface area contributed by atoms with Gasteiger partial charge in [0.25, 0.3) is 5.69 Å². The van der Waals surface area contributed by atoms with Gasteiger partial charge >= 0.3 is 6.18 Å². The third-order valence-electron chi connectivity index (χ3n) is 5.38. The lowest BCUT2D eigenvalue weighted by Crippen LogP contribution is -2.47. The van der Waals surface area contributed by atoms with E-state index in [0.29, 0.717) is 43.5 Å². The minimum absolute atomic E-state index is 0.0257. The van der Waals surface area contributed by atoms with Gasteiger partial charge in [-0.1, -0.05) is 0 Å². The fraction of sp³-hybridized carbons (Fsp3) is 0.350. The van der Waals surface area contributed by atoms with Crippen LogP contribution in [-0.4, -0.2) is 51.2 Å². The second-order valence-electron chi connectivity index (χ2n) is 7.35. The Balaban J connectivity index is 1.37.